The van der Waals surface area contributed by atoms with E-state index in [2.05, 4.69) is 20.9 Å². The third-order valence-corrected chi connectivity index (χ3v) is 3.97. The molecule has 1 N–H and O–H groups in total. The minimum atomic E-state index is -0.780. The maximum absolute atomic E-state index is 12.2. The number of halogens is 1. The van der Waals surface area contributed by atoms with E-state index in [0.29, 0.717) is 22.9 Å². The van der Waals surface area contributed by atoms with Gasteiger partial charge in [0.1, 0.15) is 0 Å². The molecule has 5 nitrogen and oxygen atoms in total. The molecule has 0 aromatic carbocycles. The Bertz CT molecular complexity index is 486. The van der Waals surface area contributed by atoms with Crippen LogP contribution in [0.1, 0.15) is 23.2 Å². The first-order valence-electron chi connectivity index (χ1n) is 5.60. The van der Waals surface area contributed by atoms with Gasteiger partial charge in [-0.05, 0) is 34.8 Å². The van der Waals surface area contributed by atoms with Gasteiger partial charge in [0, 0.05) is 30.0 Å². The largest absolute Gasteiger partial charge is 0.481 e. The van der Waals surface area contributed by atoms with E-state index in [4.69, 9.17) is 5.11 Å². The Kier molecular flexibility index (Phi) is 3.65. The Labute approximate surface area is 113 Å². The van der Waals surface area contributed by atoms with Crippen LogP contribution in [-0.2, 0) is 4.79 Å². The van der Waals surface area contributed by atoms with Crippen molar-refractivity contribution in [2.75, 3.05) is 7.05 Å². The Morgan fingerprint density at radius 3 is 2.72 bits per heavy atom. The van der Waals surface area contributed by atoms with E-state index >= 15 is 0 Å². The van der Waals surface area contributed by atoms with Crippen molar-refractivity contribution >= 4 is 27.8 Å². The highest BCUT2D eigenvalue weighted by Crippen LogP contribution is 2.32. The van der Waals surface area contributed by atoms with Crippen molar-refractivity contribution < 1.29 is 14.7 Å². The fraction of sp³-hybridized carbons (Fsp3) is 0.417. The van der Waals surface area contributed by atoms with Gasteiger partial charge in [0.2, 0.25) is 0 Å². The molecule has 1 aromatic rings. The SMILES string of the molecule is CN(C(=O)c1ccncc1Br)C1CC(C(=O)O)C1. The quantitative estimate of drug-likeness (QED) is 0.923. The summed E-state index contributed by atoms with van der Waals surface area (Å²) in [7, 11) is 1.71. The monoisotopic (exact) mass is 312 g/mol. The molecule has 2 rings (SSSR count). The van der Waals surface area contributed by atoms with Crippen molar-refractivity contribution in [3.63, 3.8) is 0 Å². The van der Waals surface area contributed by atoms with E-state index < -0.39 is 5.97 Å². The van der Waals surface area contributed by atoms with Crippen LogP contribution >= 0.6 is 15.9 Å². The van der Waals surface area contributed by atoms with Gasteiger partial charge in [0.25, 0.3) is 5.91 Å². The van der Waals surface area contributed by atoms with Crippen molar-refractivity contribution in [2.24, 2.45) is 5.92 Å². The van der Waals surface area contributed by atoms with Crippen molar-refractivity contribution in [3.8, 4) is 0 Å². The number of rotatable bonds is 3. The maximum atomic E-state index is 12.2. The number of pyridine rings is 1. The Hall–Kier alpha value is -1.43. The highest BCUT2D eigenvalue weighted by atomic mass is 79.9. The van der Waals surface area contributed by atoms with Crippen LogP contribution < -0.4 is 0 Å². The van der Waals surface area contributed by atoms with Crippen LogP contribution in [0.5, 0.6) is 0 Å². The van der Waals surface area contributed by atoms with Crippen LogP contribution in [0.2, 0.25) is 0 Å². The highest BCUT2D eigenvalue weighted by molar-refractivity contribution is 9.10. The number of hydrogen-bond donors (Lipinski definition) is 1. The molecule has 0 atom stereocenters. The molecule has 1 aliphatic carbocycles. The molecule has 1 aromatic heterocycles. The molecule has 1 amide bonds. The number of amides is 1. The van der Waals surface area contributed by atoms with E-state index in [1.807, 2.05) is 0 Å². The second kappa shape index (κ2) is 5.06. The first-order chi connectivity index (χ1) is 8.50. The van der Waals surface area contributed by atoms with Gasteiger partial charge in [-0.1, -0.05) is 0 Å². The lowest BCUT2D eigenvalue weighted by atomic mass is 9.79. The van der Waals surface area contributed by atoms with Crippen LogP contribution in [-0.4, -0.2) is 40.0 Å². The summed E-state index contributed by atoms with van der Waals surface area (Å²) in [4.78, 5) is 28.4. The molecule has 96 valence electrons. The molecule has 1 fully saturated rings. The van der Waals surface area contributed by atoms with Crippen molar-refractivity contribution in [3.05, 3.63) is 28.5 Å². The lowest BCUT2D eigenvalue weighted by Gasteiger charge is -2.39. The number of carboxylic acids is 1. The summed E-state index contributed by atoms with van der Waals surface area (Å²) in [5.74, 6) is -1.21. The van der Waals surface area contributed by atoms with Crippen LogP contribution in [0.3, 0.4) is 0 Å². The van der Waals surface area contributed by atoms with E-state index in [-0.39, 0.29) is 17.9 Å². The summed E-state index contributed by atoms with van der Waals surface area (Å²) in [6, 6.07) is 1.66. The summed E-state index contributed by atoms with van der Waals surface area (Å²) in [6.07, 6.45) is 4.19. The van der Waals surface area contributed by atoms with Gasteiger partial charge in [0.15, 0.2) is 0 Å². The molecule has 0 bridgehead atoms. The maximum Gasteiger partial charge on any atom is 0.306 e. The summed E-state index contributed by atoms with van der Waals surface area (Å²) >= 11 is 3.29. The van der Waals surface area contributed by atoms with Gasteiger partial charge in [-0.25, -0.2) is 0 Å². The molecule has 0 spiro atoms. The zero-order chi connectivity index (χ0) is 13.3. The molecule has 1 aliphatic rings. The Morgan fingerprint density at radius 2 is 2.17 bits per heavy atom. The average Bonchev–Trinajstić information content (AvgIpc) is 2.26. The van der Waals surface area contributed by atoms with Crippen molar-refractivity contribution in [2.45, 2.75) is 18.9 Å². The van der Waals surface area contributed by atoms with Gasteiger partial charge in [-0.2, -0.15) is 0 Å². The average molecular weight is 313 g/mol. The third-order valence-electron chi connectivity index (χ3n) is 3.33. The van der Waals surface area contributed by atoms with Gasteiger partial charge < -0.3 is 10.0 Å². The fourth-order valence-electron chi connectivity index (χ4n) is 2.01. The molecule has 0 aliphatic heterocycles. The van der Waals surface area contributed by atoms with Crippen LogP contribution in [0.15, 0.2) is 22.9 Å². The first kappa shape index (κ1) is 13.0. The van der Waals surface area contributed by atoms with Gasteiger partial charge in [0.05, 0.1) is 11.5 Å². The molecule has 0 radical (unpaired) electrons. The Balaban J connectivity index is 2.03. The fourth-order valence-corrected chi connectivity index (χ4v) is 2.43. The van der Waals surface area contributed by atoms with Gasteiger partial charge >= 0.3 is 5.97 Å². The molecule has 6 heteroatoms. The molecule has 0 saturated heterocycles. The summed E-state index contributed by atoms with van der Waals surface area (Å²) in [5.41, 5.74) is 0.547. The number of carbonyl (C=O) groups is 2. The van der Waals surface area contributed by atoms with Gasteiger partial charge in [-0.3, -0.25) is 14.6 Å². The topological polar surface area (TPSA) is 70.5 Å². The predicted molar refractivity (Wildman–Crippen MR) is 68.2 cm³/mol. The lowest BCUT2D eigenvalue weighted by molar-refractivity contribution is -0.146. The van der Waals surface area contributed by atoms with Crippen molar-refractivity contribution in [1.29, 1.82) is 0 Å². The number of hydrogen-bond acceptors (Lipinski definition) is 3. The second-order valence-corrected chi connectivity index (χ2v) is 5.29. The summed E-state index contributed by atoms with van der Waals surface area (Å²) < 4.78 is 0.649. The molecular formula is C12H13BrN2O3. The lowest BCUT2D eigenvalue weighted by Crippen LogP contribution is -2.47. The Morgan fingerprint density at radius 1 is 1.50 bits per heavy atom. The smallest absolute Gasteiger partial charge is 0.306 e. The summed E-state index contributed by atoms with van der Waals surface area (Å²) in [5, 5.41) is 8.81. The van der Waals surface area contributed by atoms with E-state index in [1.165, 1.54) is 0 Å². The van der Waals surface area contributed by atoms with E-state index in [1.54, 1.807) is 30.4 Å². The zero-order valence-electron chi connectivity index (χ0n) is 9.84. The number of carboxylic acid groups (broad SMARTS) is 1. The standard InChI is InChI=1S/C12H13BrN2O3/c1-15(8-4-7(5-8)12(17)18)11(16)9-2-3-14-6-10(9)13/h2-3,6-8H,4-5H2,1H3,(H,17,18). The van der Waals surface area contributed by atoms with Crippen LogP contribution in [0, 0.1) is 5.92 Å². The van der Waals surface area contributed by atoms with E-state index in [0.717, 1.165) is 0 Å². The van der Waals surface area contributed by atoms with Crippen LogP contribution in [0.25, 0.3) is 0 Å². The van der Waals surface area contributed by atoms with E-state index in [9.17, 15) is 9.59 Å². The minimum Gasteiger partial charge on any atom is -0.481 e. The number of nitrogens with zero attached hydrogens (tertiary/aromatic N) is 2. The highest BCUT2D eigenvalue weighted by Gasteiger charge is 2.38. The predicted octanol–water partition coefficient (Wildman–Crippen LogP) is 1.78. The molecule has 0 unspecified atom stereocenters. The van der Waals surface area contributed by atoms with Gasteiger partial charge in [-0.15, -0.1) is 0 Å². The second-order valence-electron chi connectivity index (χ2n) is 4.43. The number of aliphatic carboxylic acids is 1. The summed E-state index contributed by atoms with van der Waals surface area (Å²) in [6.45, 7) is 0. The first-order valence-corrected chi connectivity index (χ1v) is 6.39. The van der Waals surface area contributed by atoms with Crippen molar-refractivity contribution in [1.82, 2.24) is 9.88 Å². The third kappa shape index (κ3) is 2.38. The minimum absolute atomic E-state index is 0.0127. The van der Waals surface area contributed by atoms with Crippen LogP contribution in [0.4, 0.5) is 0 Å². The molecule has 1 heterocycles. The molecule has 1 saturated carbocycles. The normalized spacial score (nSPS) is 22.1. The molecule has 18 heavy (non-hydrogen) atoms. The number of aromatic nitrogens is 1. The number of carbonyl (C=O) groups excluding carboxylic acids is 1. The molecular weight excluding hydrogens is 300 g/mol. The zero-order valence-corrected chi connectivity index (χ0v) is 11.4.